The van der Waals surface area contributed by atoms with Gasteiger partial charge in [-0.05, 0) is 36.8 Å². The Hall–Kier alpha value is -2.77. The van der Waals surface area contributed by atoms with E-state index in [4.69, 9.17) is 11.6 Å². The molecule has 0 aliphatic carbocycles. The van der Waals surface area contributed by atoms with Crippen LogP contribution in [-0.4, -0.2) is 28.6 Å². The monoisotopic (exact) mass is 398 g/mol. The zero-order chi connectivity index (χ0) is 18.8. The molecule has 136 valence electrons. The number of benzene rings is 2. The number of carbonyl (C=O) groups is 2. The van der Waals surface area contributed by atoms with Crippen molar-refractivity contribution in [3.8, 4) is 10.6 Å². The Balaban J connectivity index is 1.46. The summed E-state index contributed by atoms with van der Waals surface area (Å²) in [6.45, 7) is 0.722. The molecule has 0 unspecified atom stereocenters. The molecule has 1 aliphatic heterocycles. The van der Waals surface area contributed by atoms with Crippen molar-refractivity contribution < 1.29 is 9.59 Å². The van der Waals surface area contributed by atoms with Crippen LogP contribution in [0, 0.1) is 0 Å². The van der Waals surface area contributed by atoms with Gasteiger partial charge in [-0.25, -0.2) is 0 Å². The van der Waals surface area contributed by atoms with Crippen LogP contribution in [-0.2, 0) is 4.79 Å². The van der Waals surface area contributed by atoms with Gasteiger partial charge >= 0.3 is 0 Å². The minimum absolute atomic E-state index is 0.119. The minimum atomic E-state index is -0.281. The lowest BCUT2D eigenvalue weighted by Crippen LogP contribution is -2.23. The van der Waals surface area contributed by atoms with Crippen molar-refractivity contribution in [1.29, 1.82) is 0 Å². The molecule has 27 heavy (non-hydrogen) atoms. The van der Waals surface area contributed by atoms with E-state index in [1.165, 1.54) is 11.3 Å². The van der Waals surface area contributed by atoms with E-state index in [0.29, 0.717) is 27.1 Å². The summed E-state index contributed by atoms with van der Waals surface area (Å²) in [6, 6.07) is 14.3. The summed E-state index contributed by atoms with van der Waals surface area (Å²) in [5.74, 6) is -0.163. The normalized spacial score (nSPS) is 13.8. The third-order valence-corrected chi connectivity index (χ3v) is 5.47. The maximum absolute atomic E-state index is 12.4. The summed E-state index contributed by atoms with van der Waals surface area (Å²) in [4.78, 5) is 26.0. The summed E-state index contributed by atoms with van der Waals surface area (Å²) in [6.07, 6.45) is 1.44. The van der Waals surface area contributed by atoms with E-state index in [-0.39, 0.29) is 11.8 Å². The van der Waals surface area contributed by atoms with Crippen LogP contribution in [0.3, 0.4) is 0 Å². The number of anilines is 2. The van der Waals surface area contributed by atoms with E-state index in [9.17, 15) is 9.59 Å². The lowest BCUT2D eigenvalue weighted by molar-refractivity contribution is -0.117. The molecule has 3 aromatic rings. The highest BCUT2D eigenvalue weighted by atomic mass is 35.5. The van der Waals surface area contributed by atoms with Crippen LogP contribution in [0.2, 0.25) is 5.02 Å². The zero-order valence-corrected chi connectivity index (χ0v) is 15.8. The Morgan fingerprint density at radius 1 is 1.11 bits per heavy atom. The molecule has 1 saturated heterocycles. The smallest absolute Gasteiger partial charge is 0.257 e. The Labute approximate surface area is 164 Å². The number of rotatable bonds is 4. The molecular weight excluding hydrogens is 384 g/mol. The van der Waals surface area contributed by atoms with Crippen molar-refractivity contribution >= 4 is 45.6 Å². The summed E-state index contributed by atoms with van der Waals surface area (Å²) in [5, 5.41) is 12.5. The van der Waals surface area contributed by atoms with Gasteiger partial charge < -0.3 is 4.90 Å². The van der Waals surface area contributed by atoms with Gasteiger partial charge in [0.2, 0.25) is 11.0 Å². The molecule has 8 heteroatoms. The van der Waals surface area contributed by atoms with Crippen LogP contribution in [0.15, 0.2) is 48.5 Å². The zero-order valence-electron chi connectivity index (χ0n) is 14.2. The Bertz CT molecular complexity index is 1000. The van der Waals surface area contributed by atoms with Crippen LogP contribution in [0.25, 0.3) is 10.6 Å². The molecule has 1 N–H and O–H groups in total. The van der Waals surface area contributed by atoms with Crippen molar-refractivity contribution in [3.05, 3.63) is 59.1 Å². The maximum Gasteiger partial charge on any atom is 0.257 e. The number of hydrogen-bond acceptors (Lipinski definition) is 5. The van der Waals surface area contributed by atoms with Gasteiger partial charge in [0.15, 0.2) is 5.01 Å². The van der Waals surface area contributed by atoms with E-state index >= 15 is 0 Å². The molecule has 1 fully saturated rings. The Kier molecular flexibility index (Phi) is 4.87. The number of nitrogens with one attached hydrogen (secondary N) is 1. The van der Waals surface area contributed by atoms with E-state index in [1.54, 1.807) is 35.2 Å². The fourth-order valence-corrected chi connectivity index (χ4v) is 3.96. The molecule has 1 aliphatic rings. The Morgan fingerprint density at radius 3 is 2.59 bits per heavy atom. The van der Waals surface area contributed by atoms with Crippen molar-refractivity contribution in [2.24, 2.45) is 0 Å². The third kappa shape index (κ3) is 3.70. The molecule has 0 atom stereocenters. The van der Waals surface area contributed by atoms with Gasteiger partial charge in [-0.1, -0.05) is 41.1 Å². The molecule has 0 saturated carbocycles. The Morgan fingerprint density at radius 2 is 1.89 bits per heavy atom. The first-order chi connectivity index (χ1) is 13.1. The van der Waals surface area contributed by atoms with Crippen LogP contribution in [0.1, 0.15) is 23.2 Å². The first-order valence-electron chi connectivity index (χ1n) is 8.42. The maximum atomic E-state index is 12.4. The first-order valence-corrected chi connectivity index (χ1v) is 9.61. The third-order valence-electron chi connectivity index (χ3n) is 4.26. The van der Waals surface area contributed by atoms with E-state index in [2.05, 4.69) is 15.5 Å². The summed E-state index contributed by atoms with van der Waals surface area (Å²) in [5.41, 5.74) is 2.07. The van der Waals surface area contributed by atoms with Crippen molar-refractivity contribution in [3.63, 3.8) is 0 Å². The molecule has 1 aromatic heterocycles. The number of aromatic nitrogens is 2. The molecule has 2 heterocycles. The average Bonchev–Trinajstić information content (AvgIpc) is 3.31. The lowest BCUT2D eigenvalue weighted by Gasteiger charge is -2.15. The minimum Gasteiger partial charge on any atom is -0.312 e. The summed E-state index contributed by atoms with van der Waals surface area (Å²) < 4.78 is 0. The first kappa shape index (κ1) is 17.6. The second kappa shape index (κ2) is 7.46. The van der Waals surface area contributed by atoms with Crippen molar-refractivity contribution in [1.82, 2.24) is 10.2 Å². The fourth-order valence-electron chi connectivity index (χ4n) is 2.90. The standard InChI is InChI=1S/C19H15ClN4O2S/c20-15-5-2-1-4-14(15)18-22-23-19(27-18)21-17(26)12-7-9-13(10-8-12)24-11-3-6-16(24)25/h1-2,4-5,7-10H,3,6,11H2,(H,21,23,26). The van der Waals surface area contributed by atoms with E-state index in [1.807, 2.05) is 18.2 Å². The molecule has 0 spiro atoms. The largest absolute Gasteiger partial charge is 0.312 e. The van der Waals surface area contributed by atoms with Gasteiger partial charge in [0.25, 0.3) is 5.91 Å². The highest BCUT2D eigenvalue weighted by Gasteiger charge is 2.21. The molecule has 0 radical (unpaired) electrons. The average molecular weight is 399 g/mol. The van der Waals surface area contributed by atoms with Gasteiger partial charge in [-0.2, -0.15) is 0 Å². The molecule has 2 aromatic carbocycles. The van der Waals surface area contributed by atoms with E-state index in [0.717, 1.165) is 24.2 Å². The second-order valence-electron chi connectivity index (χ2n) is 6.04. The van der Waals surface area contributed by atoms with E-state index < -0.39 is 0 Å². The van der Waals surface area contributed by atoms with Crippen LogP contribution in [0.5, 0.6) is 0 Å². The molecule has 4 rings (SSSR count). The number of amides is 2. The van der Waals surface area contributed by atoms with Gasteiger partial charge in [0.1, 0.15) is 0 Å². The molecule has 0 bridgehead atoms. The number of carbonyl (C=O) groups excluding carboxylic acids is 2. The van der Waals surface area contributed by atoms with Crippen molar-refractivity contribution in [2.45, 2.75) is 12.8 Å². The highest BCUT2D eigenvalue weighted by Crippen LogP contribution is 2.31. The molecular formula is C19H15ClN4O2S. The number of hydrogen-bond donors (Lipinski definition) is 1. The van der Waals surface area contributed by atoms with Crippen LogP contribution in [0.4, 0.5) is 10.8 Å². The topological polar surface area (TPSA) is 75.2 Å². The van der Waals surface area contributed by atoms with Crippen molar-refractivity contribution in [2.75, 3.05) is 16.8 Å². The van der Waals surface area contributed by atoms with Crippen LogP contribution >= 0.6 is 22.9 Å². The fraction of sp³-hybridized carbons (Fsp3) is 0.158. The lowest BCUT2D eigenvalue weighted by atomic mass is 10.2. The molecule has 2 amide bonds. The second-order valence-corrected chi connectivity index (χ2v) is 7.43. The van der Waals surface area contributed by atoms with Gasteiger partial charge in [0.05, 0.1) is 5.02 Å². The quantitative estimate of drug-likeness (QED) is 0.713. The molecule has 6 nitrogen and oxygen atoms in total. The predicted molar refractivity (Wildman–Crippen MR) is 106 cm³/mol. The SMILES string of the molecule is O=C(Nc1nnc(-c2ccccc2Cl)s1)c1ccc(N2CCCC2=O)cc1. The van der Waals surface area contributed by atoms with Gasteiger partial charge in [0, 0.05) is 29.8 Å². The number of nitrogens with zero attached hydrogens (tertiary/aromatic N) is 3. The summed E-state index contributed by atoms with van der Waals surface area (Å²) >= 11 is 7.43. The van der Waals surface area contributed by atoms with Gasteiger partial charge in [-0.3, -0.25) is 14.9 Å². The van der Waals surface area contributed by atoms with Gasteiger partial charge in [-0.15, -0.1) is 10.2 Å². The van der Waals surface area contributed by atoms with Crippen LogP contribution < -0.4 is 10.2 Å². The predicted octanol–water partition coefficient (Wildman–Crippen LogP) is 4.24. The summed E-state index contributed by atoms with van der Waals surface area (Å²) in [7, 11) is 0. The highest BCUT2D eigenvalue weighted by molar-refractivity contribution is 7.18. The number of halogens is 1.